The molecule has 0 bridgehead atoms. The van der Waals surface area contributed by atoms with E-state index >= 15 is 0 Å². The minimum absolute atomic E-state index is 0.0155. The van der Waals surface area contributed by atoms with Crippen LogP contribution in [0.5, 0.6) is 0 Å². The van der Waals surface area contributed by atoms with Crippen LogP contribution in [0.3, 0.4) is 0 Å². The summed E-state index contributed by atoms with van der Waals surface area (Å²) >= 11 is 0. The quantitative estimate of drug-likeness (QED) is 0.283. The maximum Gasteiger partial charge on any atom is 0.416 e. The summed E-state index contributed by atoms with van der Waals surface area (Å²) in [5.74, 6) is 0.619. The summed E-state index contributed by atoms with van der Waals surface area (Å²) in [6.45, 7) is 2.59. The van der Waals surface area contributed by atoms with Gasteiger partial charge in [0.2, 0.25) is 5.95 Å². The summed E-state index contributed by atoms with van der Waals surface area (Å²) < 4.78 is 41.1. The lowest BCUT2D eigenvalue weighted by atomic mass is 10.0. The maximum atomic E-state index is 13.8. The van der Waals surface area contributed by atoms with Crippen LogP contribution in [0.1, 0.15) is 55.7 Å². The number of halogens is 3. The second-order valence-corrected chi connectivity index (χ2v) is 11.1. The van der Waals surface area contributed by atoms with Gasteiger partial charge in [0.25, 0.3) is 5.56 Å². The highest BCUT2D eigenvalue weighted by atomic mass is 19.4. The topological polar surface area (TPSA) is 63.1 Å². The molecule has 214 valence electrons. The fourth-order valence-electron chi connectivity index (χ4n) is 6.16. The number of benzene rings is 2. The van der Waals surface area contributed by atoms with E-state index in [-0.39, 0.29) is 11.6 Å². The molecule has 9 heteroatoms. The van der Waals surface area contributed by atoms with Crippen LogP contribution in [-0.4, -0.2) is 40.2 Å². The van der Waals surface area contributed by atoms with Crippen molar-refractivity contribution in [2.45, 2.75) is 63.2 Å². The van der Waals surface area contributed by atoms with Gasteiger partial charge in [-0.1, -0.05) is 55.3 Å². The van der Waals surface area contributed by atoms with Gasteiger partial charge in [0.15, 0.2) is 0 Å². The number of nitrogens with one attached hydrogen (secondary N) is 1. The van der Waals surface area contributed by atoms with E-state index in [4.69, 9.17) is 4.98 Å². The van der Waals surface area contributed by atoms with Crippen molar-refractivity contribution in [1.82, 2.24) is 19.9 Å². The first kappa shape index (κ1) is 27.4. The van der Waals surface area contributed by atoms with Crippen molar-refractivity contribution < 1.29 is 13.2 Å². The van der Waals surface area contributed by atoms with Crippen molar-refractivity contribution >= 4 is 17.0 Å². The number of anilines is 1. The van der Waals surface area contributed by atoms with Crippen molar-refractivity contribution in [3.8, 4) is 11.1 Å². The van der Waals surface area contributed by atoms with Gasteiger partial charge in [-0.25, -0.2) is 4.98 Å². The number of piperidine rings is 1. The third kappa shape index (κ3) is 6.00. The molecule has 2 aromatic heterocycles. The lowest BCUT2D eigenvalue weighted by molar-refractivity contribution is -0.137. The summed E-state index contributed by atoms with van der Waals surface area (Å²) in [5, 5.41) is 4.40. The molecule has 1 N–H and O–H groups in total. The van der Waals surface area contributed by atoms with Crippen LogP contribution in [0.4, 0.5) is 19.1 Å². The minimum Gasteiger partial charge on any atom is -0.341 e. The number of aromatic nitrogens is 3. The SMILES string of the molecule is O=c1c(-c2ccc(C(F)(F)F)cc2)cc2cnc(N3CCC(NCCc4ccccc4)CC3)nc2n1C1CCCC1. The molecule has 3 heterocycles. The molecule has 0 atom stereocenters. The number of pyridine rings is 1. The highest BCUT2D eigenvalue weighted by Gasteiger charge is 2.30. The van der Waals surface area contributed by atoms with E-state index < -0.39 is 11.7 Å². The lowest BCUT2D eigenvalue weighted by Gasteiger charge is -2.32. The van der Waals surface area contributed by atoms with Gasteiger partial charge in [-0.15, -0.1) is 0 Å². The zero-order chi connectivity index (χ0) is 28.4. The van der Waals surface area contributed by atoms with Crippen molar-refractivity contribution in [3.05, 3.63) is 88.3 Å². The standard InChI is InChI=1S/C32H34F3N5O/c33-32(34,35)25-12-10-23(11-13-25)28-20-24-21-37-31(38-29(24)40(30(28)41)27-8-4-5-9-27)39-18-15-26(16-19-39)36-17-14-22-6-2-1-3-7-22/h1-3,6-7,10-13,20-21,26-27,36H,4-5,8-9,14-19H2. The van der Waals surface area contributed by atoms with Gasteiger partial charge >= 0.3 is 6.18 Å². The molecular formula is C32H34F3N5O. The van der Waals surface area contributed by atoms with E-state index in [0.29, 0.717) is 34.2 Å². The predicted molar refractivity (Wildman–Crippen MR) is 155 cm³/mol. The number of alkyl halides is 3. The summed E-state index contributed by atoms with van der Waals surface area (Å²) in [5.41, 5.74) is 1.82. The molecule has 2 fully saturated rings. The number of hydrogen-bond acceptors (Lipinski definition) is 5. The van der Waals surface area contributed by atoms with Gasteiger partial charge in [0.05, 0.1) is 5.56 Å². The molecule has 4 aromatic rings. The molecule has 1 saturated heterocycles. The molecule has 1 aliphatic carbocycles. The van der Waals surface area contributed by atoms with E-state index in [0.717, 1.165) is 76.7 Å². The predicted octanol–water partition coefficient (Wildman–Crippen LogP) is 6.39. The molecule has 41 heavy (non-hydrogen) atoms. The molecule has 6 rings (SSSR count). The Morgan fingerprint density at radius 1 is 0.927 bits per heavy atom. The zero-order valence-electron chi connectivity index (χ0n) is 22.9. The van der Waals surface area contributed by atoms with Crippen LogP contribution in [0.25, 0.3) is 22.2 Å². The first-order chi connectivity index (χ1) is 19.9. The fraction of sp³-hybridized carbons (Fsp3) is 0.406. The first-order valence-electron chi connectivity index (χ1n) is 14.5. The largest absolute Gasteiger partial charge is 0.416 e. The maximum absolute atomic E-state index is 13.8. The molecule has 0 amide bonds. The molecule has 2 aliphatic rings. The zero-order valence-corrected chi connectivity index (χ0v) is 22.9. The van der Waals surface area contributed by atoms with E-state index in [1.807, 2.05) is 6.07 Å². The molecule has 6 nitrogen and oxygen atoms in total. The molecule has 0 radical (unpaired) electrons. The molecular weight excluding hydrogens is 527 g/mol. The Bertz CT molecular complexity index is 1540. The summed E-state index contributed by atoms with van der Waals surface area (Å²) in [7, 11) is 0. The third-order valence-corrected chi connectivity index (χ3v) is 8.44. The number of rotatable bonds is 7. The van der Waals surface area contributed by atoms with Gasteiger partial charge in [0, 0.05) is 42.3 Å². The van der Waals surface area contributed by atoms with Gasteiger partial charge in [0.1, 0.15) is 5.65 Å². The average molecular weight is 562 g/mol. The van der Waals surface area contributed by atoms with E-state index in [2.05, 4.69) is 39.5 Å². The van der Waals surface area contributed by atoms with Crippen molar-refractivity contribution in [3.63, 3.8) is 0 Å². The second kappa shape index (κ2) is 11.6. The van der Waals surface area contributed by atoms with Crippen LogP contribution < -0.4 is 15.8 Å². The number of hydrogen-bond donors (Lipinski definition) is 1. The van der Waals surface area contributed by atoms with E-state index in [1.165, 1.54) is 17.7 Å². The van der Waals surface area contributed by atoms with Crippen molar-refractivity contribution in [2.24, 2.45) is 0 Å². The van der Waals surface area contributed by atoms with E-state index in [9.17, 15) is 18.0 Å². The Kier molecular flexibility index (Phi) is 7.79. The van der Waals surface area contributed by atoms with Gasteiger partial charge in [-0.3, -0.25) is 9.36 Å². The normalized spacial score (nSPS) is 17.0. The third-order valence-electron chi connectivity index (χ3n) is 8.44. The fourth-order valence-corrected chi connectivity index (χ4v) is 6.16. The number of fused-ring (bicyclic) bond motifs is 1. The van der Waals surface area contributed by atoms with Crippen molar-refractivity contribution in [1.29, 1.82) is 0 Å². The van der Waals surface area contributed by atoms with Crippen LogP contribution in [0.2, 0.25) is 0 Å². The number of nitrogens with zero attached hydrogens (tertiary/aromatic N) is 4. The van der Waals surface area contributed by atoms with Gasteiger partial charge in [-0.05, 0) is 68.0 Å². The molecule has 0 unspecified atom stereocenters. The Balaban J connectivity index is 1.23. The average Bonchev–Trinajstić information content (AvgIpc) is 3.52. The smallest absolute Gasteiger partial charge is 0.341 e. The minimum atomic E-state index is -4.43. The first-order valence-corrected chi connectivity index (χ1v) is 14.5. The van der Waals surface area contributed by atoms with Crippen LogP contribution in [0.15, 0.2) is 71.7 Å². The monoisotopic (exact) mass is 561 g/mol. The van der Waals surface area contributed by atoms with Gasteiger partial charge < -0.3 is 10.2 Å². The van der Waals surface area contributed by atoms with Crippen LogP contribution in [-0.2, 0) is 12.6 Å². The Hall–Kier alpha value is -3.72. The highest BCUT2D eigenvalue weighted by molar-refractivity contribution is 5.81. The Morgan fingerprint density at radius 3 is 2.32 bits per heavy atom. The summed E-state index contributed by atoms with van der Waals surface area (Å²) in [6.07, 6.45) is 4.12. The van der Waals surface area contributed by atoms with Crippen LogP contribution in [0, 0.1) is 0 Å². The second-order valence-electron chi connectivity index (χ2n) is 11.1. The Morgan fingerprint density at radius 2 is 1.63 bits per heavy atom. The highest BCUT2D eigenvalue weighted by Crippen LogP contribution is 2.34. The Labute approximate surface area is 237 Å². The van der Waals surface area contributed by atoms with E-state index in [1.54, 1.807) is 16.8 Å². The lowest BCUT2D eigenvalue weighted by Crippen LogP contribution is -2.43. The van der Waals surface area contributed by atoms with Gasteiger partial charge in [-0.2, -0.15) is 18.2 Å². The molecule has 0 spiro atoms. The molecule has 1 aliphatic heterocycles. The molecule has 2 aromatic carbocycles. The van der Waals surface area contributed by atoms with Crippen molar-refractivity contribution in [2.75, 3.05) is 24.5 Å². The van der Waals surface area contributed by atoms with Crippen LogP contribution >= 0.6 is 0 Å². The molecule has 1 saturated carbocycles. The summed E-state index contributed by atoms with van der Waals surface area (Å²) in [6, 6.07) is 17.5. The summed E-state index contributed by atoms with van der Waals surface area (Å²) in [4.78, 5) is 25.6.